The minimum absolute atomic E-state index is 0.249. The Bertz CT molecular complexity index is 750. The van der Waals surface area contributed by atoms with Crippen molar-refractivity contribution >= 4 is 17.6 Å². The second kappa shape index (κ2) is 8.19. The van der Waals surface area contributed by atoms with Crippen molar-refractivity contribution in [1.29, 1.82) is 0 Å². The van der Waals surface area contributed by atoms with Crippen molar-refractivity contribution in [1.82, 2.24) is 24.9 Å². The molecule has 10 nitrogen and oxygen atoms in total. The summed E-state index contributed by atoms with van der Waals surface area (Å²) in [5.41, 5.74) is 0. The van der Waals surface area contributed by atoms with Crippen LogP contribution in [0.1, 0.15) is 12.8 Å². The zero-order chi connectivity index (χ0) is 19.4. The van der Waals surface area contributed by atoms with E-state index < -0.39 is 0 Å². The maximum absolute atomic E-state index is 5.17. The molecule has 10 heteroatoms. The van der Waals surface area contributed by atoms with Gasteiger partial charge >= 0.3 is 12.0 Å². The van der Waals surface area contributed by atoms with E-state index in [0.717, 1.165) is 37.6 Å². The van der Waals surface area contributed by atoms with E-state index in [1.54, 1.807) is 6.33 Å². The van der Waals surface area contributed by atoms with Crippen LogP contribution in [-0.4, -0.2) is 79.4 Å². The summed E-state index contributed by atoms with van der Waals surface area (Å²) in [5.74, 6) is 2.34. The van der Waals surface area contributed by atoms with E-state index in [1.807, 2.05) is 25.1 Å². The summed E-state index contributed by atoms with van der Waals surface area (Å²) < 4.78 is 10.3. The summed E-state index contributed by atoms with van der Waals surface area (Å²) in [4.78, 5) is 27.8. The fraction of sp³-hybridized carbons (Fsp3) is 0.588. The molecule has 0 aromatic carbocycles. The SMILES string of the molecule is COc1nc(OC)nc(N2CCCC(N(C)c3cc(N(C)C)ncn3)C2)n1. The molecule has 0 saturated carbocycles. The van der Waals surface area contributed by atoms with Crippen LogP contribution < -0.4 is 24.2 Å². The predicted molar refractivity (Wildman–Crippen MR) is 103 cm³/mol. The number of piperidine rings is 1. The van der Waals surface area contributed by atoms with Crippen molar-refractivity contribution in [3.05, 3.63) is 12.4 Å². The molecule has 0 bridgehead atoms. The van der Waals surface area contributed by atoms with Gasteiger partial charge in [0.25, 0.3) is 0 Å². The van der Waals surface area contributed by atoms with Gasteiger partial charge in [-0.2, -0.15) is 9.97 Å². The van der Waals surface area contributed by atoms with Gasteiger partial charge in [0.2, 0.25) is 5.95 Å². The first-order valence-corrected chi connectivity index (χ1v) is 8.83. The first-order valence-electron chi connectivity index (χ1n) is 8.83. The van der Waals surface area contributed by atoms with Crippen LogP contribution in [0.4, 0.5) is 17.6 Å². The van der Waals surface area contributed by atoms with Gasteiger partial charge in [0.1, 0.15) is 18.0 Å². The van der Waals surface area contributed by atoms with Crippen molar-refractivity contribution in [3.8, 4) is 12.0 Å². The quantitative estimate of drug-likeness (QED) is 0.724. The van der Waals surface area contributed by atoms with Gasteiger partial charge in [-0.05, 0) is 12.8 Å². The first-order chi connectivity index (χ1) is 13.0. The Kier molecular flexibility index (Phi) is 5.72. The first kappa shape index (κ1) is 18.9. The summed E-state index contributed by atoms with van der Waals surface area (Å²) >= 11 is 0. The van der Waals surface area contributed by atoms with E-state index in [-0.39, 0.29) is 18.1 Å². The molecule has 3 rings (SSSR count). The number of methoxy groups -OCH3 is 2. The number of nitrogens with zero attached hydrogens (tertiary/aromatic N) is 8. The summed E-state index contributed by atoms with van der Waals surface area (Å²) in [6, 6.07) is 2.77. The average molecular weight is 374 g/mol. The highest BCUT2D eigenvalue weighted by Gasteiger charge is 2.27. The molecule has 0 aliphatic carbocycles. The Morgan fingerprint density at radius 2 is 1.67 bits per heavy atom. The molecule has 146 valence electrons. The molecule has 1 saturated heterocycles. The molecule has 27 heavy (non-hydrogen) atoms. The standard InChI is InChI=1S/C17H26N8O2/c1-23(2)13-9-14(19-11-18-13)24(3)12-7-6-8-25(10-12)15-20-16(26-4)22-17(21-15)27-5/h9,11-12H,6-8,10H2,1-5H3. The Hall–Kier alpha value is -2.91. The molecule has 0 spiro atoms. The second-order valence-corrected chi connectivity index (χ2v) is 6.59. The lowest BCUT2D eigenvalue weighted by molar-refractivity contribution is 0.338. The average Bonchev–Trinajstić information content (AvgIpc) is 2.72. The van der Waals surface area contributed by atoms with Gasteiger partial charge in [-0.25, -0.2) is 9.97 Å². The third-order valence-electron chi connectivity index (χ3n) is 4.63. The van der Waals surface area contributed by atoms with Crippen LogP contribution >= 0.6 is 0 Å². The van der Waals surface area contributed by atoms with Gasteiger partial charge in [-0.3, -0.25) is 0 Å². The van der Waals surface area contributed by atoms with Crippen molar-refractivity contribution in [2.75, 3.05) is 63.2 Å². The van der Waals surface area contributed by atoms with E-state index in [4.69, 9.17) is 9.47 Å². The maximum Gasteiger partial charge on any atom is 0.324 e. The molecule has 1 atom stereocenters. The highest BCUT2D eigenvalue weighted by molar-refractivity contribution is 5.50. The van der Waals surface area contributed by atoms with E-state index in [0.29, 0.717) is 5.95 Å². The van der Waals surface area contributed by atoms with Crippen molar-refractivity contribution in [3.63, 3.8) is 0 Å². The summed E-state index contributed by atoms with van der Waals surface area (Å²) in [7, 11) is 9.06. The van der Waals surface area contributed by atoms with Gasteiger partial charge in [-0.15, -0.1) is 4.98 Å². The molecular weight excluding hydrogens is 348 g/mol. The predicted octanol–water partition coefficient (Wildman–Crippen LogP) is 0.850. The minimum Gasteiger partial charge on any atom is -0.467 e. The Morgan fingerprint density at radius 3 is 2.30 bits per heavy atom. The molecular formula is C17H26N8O2. The summed E-state index contributed by atoms with van der Waals surface area (Å²) in [6.45, 7) is 1.64. The Labute approximate surface area is 159 Å². The molecule has 3 heterocycles. The van der Waals surface area contributed by atoms with E-state index in [2.05, 4.69) is 41.8 Å². The van der Waals surface area contributed by atoms with E-state index in [1.165, 1.54) is 14.2 Å². The number of anilines is 3. The number of likely N-dealkylation sites (N-methyl/N-ethyl adjacent to an activating group) is 1. The van der Waals surface area contributed by atoms with Gasteiger partial charge in [0, 0.05) is 46.3 Å². The number of ether oxygens (including phenoxy) is 2. The van der Waals surface area contributed by atoms with Crippen molar-refractivity contribution in [2.45, 2.75) is 18.9 Å². The topological polar surface area (TPSA) is 92.6 Å². The smallest absolute Gasteiger partial charge is 0.324 e. The van der Waals surface area contributed by atoms with E-state index in [9.17, 15) is 0 Å². The lowest BCUT2D eigenvalue weighted by atomic mass is 10.0. The highest BCUT2D eigenvalue weighted by Crippen LogP contribution is 2.25. The van der Waals surface area contributed by atoms with Crippen LogP contribution in [0.25, 0.3) is 0 Å². The lowest BCUT2D eigenvalue weighted by Crippen LogP contribution is -2.47. The third kappa shape index (κ3) is 4.26. The van der Waals surface area contributed by atoms with Crippen LogP contribution in [0.2, 0.25) is 0 Å². The molecule has 0 amide bonds. The van der Waals surface area contributed by atoms with Crippen LogP contribution in [0.3, 0.4) is 0 Å². The molecule has 1 fully saturated rings. The molecule has 1 unspecified atom stereocenters. The van der Waals surface area contributed by atoms with Crippen LogP contribution in [0.5, 0.6) is 12.0 Å². The Balaban J connectivity index is 1.79. The van der Waals surface area contributed by atoms with Crippen LogP contribution in [-0.2, 0) is 0 Å². The van der Waals surface area contributed by atoms with Crippen LogP contribution in [0, 0.1) is 0 Å². The second-order valence-electron chi connectivity index (χ2n) is 6.59. The largest absolute Gasteiger partial charge is 0.467 e. The fourth-order valence-electron chi connectivity index (χ4n) is 3.07. The molecule has 0 N–H and O–H groups in total. The zero-order valence-electron chi connectivity index (χ0n) is 16.5. The molecule has 2 aromatic rings. The molecule has 0 radical (unpaired) electrons. The maximum atomic E-state index is 5.17. The minimum atomic E-state index is 0.249. The van der Waals surface area contributed by atoms with E-state index >= 15 is 0 Å². The van der Waals surface area contributed by atoms with Gasteiger partial charge in [-0.1, -0.05) is 0 Å². The lowest BCUT2D eigenvalue weighted by Gasteiger charge is -2.38. The van der Waals surface area contributed by atoms with Crippen LogP contribution in [0.15, 0.2) is 12.4 Å². The Morgan fingerprint density at radius 1 is 1.00 bits per heavy atom. The number of hydrogen-bond acceptors (Lipinski definition) is 10. The zero-order valence-corrected chi connectivity index (χ0v) is 16.5. The number of hydrogen-bond donors (Lipinski definition) is 0. The summed E-state index contributed by atoms with van der Waals surface area (Å²) in [6.07, 6.45) is 3.69. The summed E-state index contributed by atoms with van der Waals surface area (Å²) in [5, 5.41) is 0. The fourth-order valence-corrected chi connectivity index (χ4v) is 3.07. The normalized spacial score (nSPS) is 16.8. The highest BCUT2D eigenvalue weighted by atomic mass is 16.5. The van der Waals surface area contributed by atoms with Crippen molar-refractivity contribution < 1.29 is 9.47 Å². The van der Waals surface area contributed by atoms with Gasteiger partial charge in [0.05, 0.1) is 14.2 Å². The van der Waals surface area contributed by atoms with Gasteiger partial charge in [0.15, 0.2) is 0 Å². The van der Waals surface area contributed by atoms with Gasteiger partial charge < -0.3 is 24.2 Å². The monoisotopic (exact) mass is 374 g/mol. The number of aromatic nitrogens is 5. The number of rotatable bonds is 6. The molecule has 1 aliphatic heterocycles. The molecule has 1 aliphatic rings. The third-order valence-corrected chi connectivity index (χ3v) is 4.63. The van der Waals surface area contributed by atoms with Crippen molar-refractivity contribution in [2.24, 2.45) is 0 Å². The molecule has 2 aromatic heterocycles.